The van der Waals surface area contributed by atoms with Crippen LogP contribution in [0.5, 0.6) is 0 Å². The van der Waals surface area contributed by atoms with E-state index in [1.165, 1.54) is 0 Å². The Bertz CT molecular complexity index is 440. The van der Waals surface area contributed by atoms with Gasteiger partial charge in [-0.25, -0.2) is 0 Å². The fourth-order valence-corrected chi connectivity index (χ4v) is 2.27. The Labute approximate surface area is 98.8 Å². The van der Waals surface area contributed by atoms with Crippen molar-refractivity contribution >= 4 is 11.3 Å². The van der Waals surface area contributed by atoms with Crippen LogP contribution in [0.3, 0.4) is 0 Å². The first kappa shape index (κ1) is 11.2. The van der Waals surface area contributed by atoms with Crippen molar-refractivity contribution in [1.29, 1.82) is 0 Å². The summed E-state index contributed by atoms with van der Waals surface area (Å²) in [5.74, 6) is 0. The largest absolute Gasteiger partial charge is 0.308 e. The molecule has 0 saturated heterocycles. The van der Waals surface area contributed by atoms with Crippen LogP contribution < -0.4 is 5.32 Å². The highest BCUT2D eigenvalue weighted by atomic mass is 32.1. The quantitative estimate of drug-likeness (QED) is 0.881. The number of rotatable bonds is 4. The van der Waals surface area contributed by atoms with Crippen molar-refractivity contribution in [3.8, 4) is 10.6 Å². The van der Waals surface area contributed by atoms with Gasteiger partial charge < -0.3 is 5.32 Å². The standard InChI is InChI=1S/C11H14N4S/c1-3-13-8(2)10-14-15-11(16-10)9-5-4-6-12-7-9/h4-8,13H,3H2,1-2H3. The van der Waals surface area contributed by atoms with Gasteiger partial charge >= 0.3 is 0 Å². The van der Waals surface area contributed by atoms with Gasteiger partial charge in [0.05, 0.1) is 6.04 Å². The molecule has 0 aromatic carbocycles. The van der Waals surface area contributed by atoms with Gasteiger partial charge in [0, 0.05) is 18.0 Å². The summed E-state index contributed by atoms with van der Waals surface area (Å²) in [5, 5.41) is 13.6. The highest BCUT2D eigenvalue weighted by Gasteiger charge is 2.11. The maximum atomic E-state index is 4.19. The Kier molecular flexibility index (Phi) is 3.58. The highest BCUT2D eigenvalue weighted by Crippen LogP contribution is 2.25. The minimum Gasteiger partial charge on any atom is -0.308 e. The van der Waals surface area contributed by atoms with Crippen LogP contribution in [-0.4, -0.2) is 21.7 Å². The van der Waals surface area contributed by atoms with Crippen LogP contribution in [0.4, 0.5) is 0 Å². The molecule has 2 aromatic rings. The Hall–Kier alpha value is -1.33. The van der Waals surface area contributed by atoms with Crippen molar-refractivity contribution in [2.24, 2.45) is 0 Å². The lowest BCUT2D eigenvalue weighted by atomic mass is 10.3. The van der Waals surface area contributed by atoms with Gasteiger partial charge in [0.25, 0.3) is 0 Å². The molecule has 0 saturated carbocycles. The van der Waals surface area contributed by atoms with Crippen molar-refractivity contribution in [2.75, 3.05) is 6.54 Å². The van der Waals surface area contributed by atoms with Crippen LogP contribution in [0.25, 0.3) is 10.6 Å². The van der Waals surface area contributed by atoms with E-state index in [0.717, 1.165) is 22.1 Å². The van der Waals surface area contributed by atoms with Crippen molar-refractivity contribution in [1.82, 2.24) is 20.5 Å². The monoisotopic (exact) mass is 234 g/mol. The average Bonchev–Trinajstić information content (AvgIpc) is 2.80. The molecule has 0 amide bonds. The summed E-state index contributed by atoms with van der Waals surface area (Å²) in [4.78, 5) is 4.07. The third-order valence-electron chi connectivity index (χ3n) is 2.23. The molecule has 84 valence electrons. The summed E-state index contributed by atoms with van der Waals surface area (Å²) in [5.41, 5.74) is 1.02. The molecule has 2 rings (SSSR count). The first-order valence-corrected chi connectivity index (χ1v) is 6.10. The van der Waals surface area contributed by atoms with E-state index >= 15 is 0 Å². The molecular formula is C11H14N4S. The van der Waals surface area contributed by atoms with Crippen LogP contribution in [-0.2, 0) is 0 Å². The second-order valence-corrected chi connectivity index (χ2v) is 4.48. The van der Waals surface area contributed by atoms with E-state index in [0.29, 0.717) is 0 Å². The van der Waals surface area contributed by atoms with E-state index in [1.807, 2.05) is 18.3 Å². The summed E-state index contributed by atoms with van der Waals surface area (Å²) in [6, 6.07) is 4.16. The maximum Gasteiger partial charge on any atom is 0.149 e. The van der Waals surface area contributed by atoms with E-state index in [-0.39, 0.29) is 6.04 Å². The fraction of sp³-hybridized carbons (Fsp3) is 0.364. The van der Waals surface area contributed by atoms with Gasteiger partial charge in [-0.15, -0.1) is 10.2 Å². The second-order valence-electron chi connectivity index (χ2n) is 3.47. The molecule has 16 heavy (non-hydrogen) atoms. The van der Waals surface area contributed by atoms with Crippen LogP contribution >= 0.6 is 11.3 Å². The molecule has 0 bridgehead atoms. The molecule has 0 radical (unpaired) electrons. The SMILES string of the molecule is CCNC(C)c1nnc(-c2cccnc2)s1. The lowest BCUT2D eigenvalue weighted by Crippen LogP contribution is -2.17. The van der Waals surface area contributed by atoms with Crippen molar-refractivity contribution in [3.63, 3.8) is 0 Å². The molecule has 0 aliphatic heterocycles. The third kappa shape index (κ3) is 2.43. The fourth-order valence-electron chi connectivity index (χ4n) is 1.41. The van der Waals surface area contributed by atoms with Crippen LogP contribution in [0, 0.1) is 0 Å². The first-order chi connectivity index (χ1) is 7.81. The van der Waals surface area contributed by atoms with E-state index < -0.39 is 0 Å². The Balaban J connectivity index is 2.20. The molecule has 2 heterocycles. The van der Waals surface area contributed by atoms with Gasteiger partial charge in [0.2, 0.25) is 0 Å². The molecule has 1 unspecified atom stereocenters. The summed E-state index contributed by atoms with van der Waals surface area (Å²) in [6.07, 6.45) is 3.56. The van der Waals surface area contributed by atoms with Gasteiger partial charge in [0.1, 0.15) is 10.0 Å². The van der Waals surface area contributed by atoms with Gasteiger partial charge in [-0.1, -0.05) is 18.3 Å². The predicted molar refractivity (Wildman–Crippen MR) is 65.2 cm³/mol. The van der Waals surface area contributed by atoms with Crippen LogP contribution in [0.15, 0.2) is 24.5 Å². The molecule has 1 N–H and O–H groups in total. The van der Waals surface area contributed by atoms with Crippen LogP contribution in [0.2, 0.25) is 0 Å². The minimum atomic E-state index is 0.257. The molecule has 1 atom stereocenters. The third-order valence-corrected chi connectivity index (χ3v) is 3.38. The van der Waals surface area contributed by atoms with E-state index in [4.69, 9.17) is 0 Å². The van der Waals surface area contributed by atoms with Gasteiger partial charge in [0.15, 0.2) is 0 Å². The van der Waals surface area contributed by atoms with E-state index in [1.54, 1.807) is 17.5 Å². The van der Waals surface area contributed by atoms with E-state index in [2.05, 4.69) is 34.3 Å². The maximum absolute atomic E-state index is 4.19. The molecule has 0 aliphatic carbocycles. The van der Waals surface area contributed by atoms with Crippen molar-refractivity contribution in [3.05, 3.63) is 29.5 Å². The second kappa shape index (κ2) is 5.14. The zero-order chi connectivity index (χ0) is 11.4. The molecule has 0 aliphatic rings. The molecule has 4 nitrogen and oxygen atoms in total. The highest BCUT2D eigenvalue weighted by molar-refractivity contribution is 7.14. The van der Waals surface area contributed by atoms with Gasteiger partial charge in [-0.05, 0) is 25.6 Å². The molecule has 0 fully saturated rings. The average molecular weight is 234 g/mol. The van der Waals surface area contributed by atoms with E-state index in [9.17, 15) is 0 Å². The Morgan fingerprint density at radius 3 is 3.00 bits per heavy atom. The summed E-state index contributed by atoms with van der Waals surface area (Å²) in [7, 11) is 0. The summed E-state index contributed by atoms with van der Waals surface area (Å²) < 4.78 is 0. The number of pyridine rings is 1. The smallest absolute Gasteiger partial charge is 0.149 e. The lowest BCUT2D eigenvalue weighted by molar-refractivity contribution is 0.590. The lowest BCUT2D eigenvalue weighted by Gasteiger charge is -2.06. The summed E-state index contributed by atoms with van der Waals surface area (Å²) in [6.45, 7) is 5.11. The zero-order valence-corrected chi connectivity index (χ0v) is 10.2. The number of nitrogens with zero attached hydrogens (tertiary/aromatic N) is 3. The molecule has 0 spiro atoms. The number of hydrogen-bond donors (Lipinski definition) is 1. The Morgan fingerprint density at radius 1 is 1.44 bits per heavy atom. The van der Waals surface area contributed by atoms with Crippen molar-refractivity contribution < 1.29 is 0 Å². The predicted octanol–water partition coefficient (Wildman–Crippen LogP) is 2.27. The number of nitrogens with one attached hydrogen (secondary N) is 1. The van der Waals surface area contributed by atoms with Crippen LogP contribution in [0.1, 0.15) is 24.9 Å². The minimum absolute atomic E-state index is 0.257. The molecule has 5 heteroatoms. The number of aromatic nitrogens is 3. The zero-order valence-electron chi connectivity index (χ0n) is 9.34. The summed E-state index contributed by atoms with van der Waals surface area (Å²) >= 11 is 1.61. The normalized spacial score (nSPS) is 12.6. The van der Waals surface area contributed by atoms with Crippen molar-refractivity contribution in [2.45, 2.75) is 19.9 Å². The number of hydrogen-bond acceptors (Lipinski definition) is 5. The first-order valence-electron chi connectivity index (χ1n) is 5.28. The van der Waals surface area contributed by atoms with Gasteiger partial charge in [-0.3, -0.25) is 4.98 Å². The van der Waals surface area contributed by atoms with Gasteiger partial charge in [-0.2, -0.15) is 0 Å². The Morgan fingerprint density at radius 2 is 2.31 bits per heavy atom. The topological polar surface area (TPSA) is 50.7 Å². The molecule has 2 aromatic heterocycles. The molecular weight excluding hydrogens is 220 g/mol.